The van der Waals surface area contributed by atoms with Gasteiger partial charge in [-0.3, -0.25) is 4.79 Å². The number of carbonyl (C=O) groups is 1. The number of hydrogen-bond acceptors (Lipinski definition) is 2. The van der Waals surface area contributed by atoms with Crippen LogP contribution in [-0.4, -0.2) is 30.2 Å². The standard InChI is InChI=1S/C12H9F4NO2/c1-19-8-4-2-3-7-9(8)6(5-17-7)10(18)12(15,16)11(13)14/h2-5,11,17H,1H3. The number of halogens is 4. The molecule has 0 aliphatic carbocycles. The van der Waals surface area contributed by atoms with E-state index in [4.69, 9.17) is 4.74 Å². The van der Waals surface area contributed by atoms with Crippen LogP contribution in [0.1, 0.15) is 10.4 Å². The number of methoxy groups -OCH3 is 1. The van der Waals surface area contributed by atoms with Gasteiger partial charge in [-0.15, -0.1) is 0 Å². The largest absolute Gasteiger partial charge is 0.496 e. The number of carbonyl (C=O) groups excluding carboxylic acids is 1. The first-order valence-corrected chi connectivity index (χ1v) is 5.24. The van der Waals surface area contributed by atoms with E-state index in [0.29, 0.717) is 5.52 Å². The summed E-state index contributed by atoms with van der Waals surface area (Å²) in [6.45, 7) is 0. The molecule has 1 aromatic carbocycles. The van der Waals surface area contributed by atoms with Crippen LogP contribution in [0.3, 0.4) is 0 Å². The zero-order valence-corrected chi connectivity index (χ0v) is 9.72. The maximum atomic E-state index is 13.1. The quantitative estimate of drug-likeness (QED) is 0.687. The second-order valence-electron chi connectivity index (χ2n) is 3.84. The molecule has 2 aromatic rings. The molecule has 1 aromatic heterocycles. The molecule has 0 atom stereocenters. The first-order valence-electron chi connectivity index (χ1n) is 5.24. The molecule has 0 saturated heterocycles. The number of aromatic nitrogens is 1. The molecular formula is C12H9F4NO2. The van der Waals surface area contributed by atoms with Crippen LogP contribution >= 0.6 is 0 Å². The third kappa shape index (κ3) is 2.05. The Morgan fingerprint density at radius 3 is 2.63 bits per heavy atom. The summed E-state index contributed by atoms with van der Waals surface area (Å²) < 4.78 is 55.6. The summed E-state index contributed by atoms with van der Waals surface area (Å²) >= 11 is 0. The van der Waals surface area contributed by atoms with E-state index in [9.17, 15) is 22.4 Å². The minimum Gasteiger partial charge on any atom is -0.496 e. The van der Waals surface area contributed by atoms with Gasteiger partial charge in [0.25, 0.3) is 0 Å². The van der Waals surface area contributed by atoms with Crippen LogP contribution in [0.4, 0.5) is 17.6 Å². The molecule has 7 heteroatoms. The van der Waals surface area contributed by atoms with Crippen molar-refractivity contribution in [2.45, 2.75) is 12.3 Å². The number of nitrogens with one attached hydrogen (secondary N) is 1. The SMILES string of the molecule is COc1cccc2[nH]cc(C(=O)C(F)(F)C(F)F)c12. The van der Waals surface area contributed by atoms with Crippen molar-refractivity contribution in [2.24, 2.45) is 0 Å². The topological polar surface area (TPSA) is 42.1 Å². The van der Waals surface area contributed by atoms with Crippen molar-refractivity contribution >= 4 is 16.7 Å². The van der Waals surface area contributed by atoms with Gasteiger partial charge < -0.3 is 9.72 Å². The fraction of sp³-hybridized carbons (Fsp3) is 0.250. The first kappa shape index (κ1) is 13.4. The van der Waals surface area contributed by atoms with E-state index < -0.39 is 23.7 Å². The second kappa shape index (κ2) is 4.56. The highest BCUT2D eigenvalue weighted by Gasteiger charge is 2.49. The molecule has 0 unspecified atom stereocenters. The Morgan fingerprint density at radius 1 is 1.37 bits per heavy atom. The number of alkyl halides is 4. The third-order valence-electron chi connectivity index (χ3n) is 2.71. The maximum absolute atomic E-state index is 13.1. The minimum absolute atomic E-state index is 0.0651. The summed E-state index contributed by atoms with van der Waals surface area (Å²) in [6, 6.07) is 4.56. The monoisotopic (exact) mass is 275 g/mol. The summed E-state index contributed by atoms with van der Waals surface area (Å²) in [6.07, 6.45) is -3.08. The highest BCUT2D eigenvalue weighted by Crippen LogP contribution is 2.34. The Kier molecular flexibility index (Phi) is 3.21. The number of ketones is 1. The molecule has 0 fully saturated rings. The van der Waals surface area contributed by atoms with E-state index in [-0.39, 0.29) is 11.1 Å². The van der Waals surface area contributed by atoms with Crippen LogP contribution in [-0.2, 0) is 0 Å². The molecule has 102 valence electrons. The molecule has 0 bridgehead atoms. The molecule has 0 amide bonds. The Labute approximate surface area is 105 Å². The predicted molar refractivity (Wildman–Crippen MR) is 60.1 cm³/mol. The average molecular weight is 275 g/mol. The van der Waals surface area contributed by atoms with Gasteiger partial charge in [0.2, 0.25) is 5.78 Å². The van der Waals surface area contributed by atoms with Gasteiger partial charge >= 0.3 is 12.3 Å². The summed E-state index contributed by atoms with van der Waals surface area (Å²) in [5, 5.41) is 0.0651. The van der Waals surface area contributed by atoms with Crippen LogP contribution in [0.25, 0.3) is 10.9 Å². The van der Waals surface area contributed by atoms with E-state index in [1.165, 1.54) is 19.2 Å². The molecule has 0 saturated carbocycles. The number of fused-ring (bicyclic) bond motifs is 1. The number of benzene rings is 1. The number of Topliss-reactive ketones (excluding diaryl/α,β-unsaturated/α-hetero) is 1. The summed E-state index contributed by atoms with van der Waals surface area (Å²) in [5.41, 5.74) is -0.162. The summed E-state index contributed by atoms with van der Waals surface area (Å²) in [7, 11) is 1.29. The predicted octanol–water partition coefficient (Wildman–Crippen LogP) is 3.26. The van der Waals surface area contributed by atoms with Crippen molar-refractivity contribution in [1.82, 2.24) is 4.98 Å². The highest BCUT2D eigenvalue weighted by molar-refractivity contribution is 6.13. The average Bonchev–Trinajstić information content (AvgIpc) is 2.81. The fourth-order valence-electron chi connectivity index (χ4n) is 1.78. The number of aromatic amines is 1. The lowest BCUT2D eigenvalue weighted by Crippen LogP contribution is -2.36. The van der Waals surface area contributed by atoms with Crippen LogP contribution in [0.15, 0.2) is 24.4 Å². The molecule has 1 heterocycles. The maximum Gasteiger partial charge on any atom is 0.368 e. The number of hydrogen-bond donors (Lipinski definition) is 1. The lowest BCUT2D eigenvalue weighted by molar-refractivity contribution is -0.0957. The lowest BCUT2D eigenvalue weighted by atomic mass is 10.0. The lowest BCUT2D eigenvalue weighted by Gasteiger charge is -2.13. The van der Waals surface area contributed by atoms with Crippen LogP contribution in [0.5, 0.6) is 5.75 Å². The van der Waals surface area contributed by atoms with Crippen LogP contribution in [0, 0.1) is 0 Å². The van der Waals surface area contributed by atoms with Crippen molar-refractivity contribution in [3.05, 3.63) is 30.0 Å². The number of H-pyrrole nitrogens is 1. The van der Waals surface area contributed by atoms with Gasteiger partial charge in [-0.1, -0.05) is 6.07 Å². The van der Waals surface area contributed by atoms with Crippen molar-refractivity contribution in [3.8, 4) is 5.75 Å². The normalized spacial score (nSPS) is 12.1. The van der Waals surface area contributed by atoms with E-state index in [2.05, 4.69) is 4.98 Å². The van der Waals surface area contributed by atoms with Gasteiger partial charge in [-0.05, 0) is 12.1 Å². The van der Waals surface area contributed by atoms with Crippen molar-refractivity contribution in [2.75, 3.05) is 7.11 Å². The summed E-state index contributed by atoms with van der Waals surface area (Å²) in [4.78, 5) is 14.1. The first-order chi connectivity index (χ1) is 8.89. The molecule has 3 nitrogen and oxygen atoms in total. The van der Waals surface area contributed by atoms with E-state index in [1.54, 1.807) is 6.07 Å². The molecule has 0 spiro atoms. The smallest absolute Gasteiger partial charge is 0.368 e. The Bertz CT molecular complexity index is 621. The third-order valence-corrected chi connectivity index (χ3v) is 2.71. The number of rotatable bonds is 4. The minimum atomic E-state index is -4.73. The Morgan fingerprint density at radius 2 is 2.05 bits per heavy atom. The van der Waals surface area contributed by atoms with Gasteiger partial charge in [0.1, 0.15) is 5.75 Å². The zero-order valence-electron chi connectivity index (χ0n) is 9.72. The fourth-order valence-corrected chi connectivity index (χ4v) is 1.78. The van der Waals surface area contributed by atoms with Gasteiger partial charge in [-0.2, -0.15) is 8.78 Å². The van der Waals surface area contributed by atoms with Gasteiger partial charge in [0.15, 0.2) is 0 Å². The molecule has 0 aliphatic rings. The molecule has 1 N–H and O–H groups in total. The zero-order chi connectivity index (χ0) is 14.2. The van der Waals surface area contributed by atoms with E-state index >= 15 is 0 Å². The summed E-state index contributed by atoms with van der Waals surface area (Å²) in [5.74, 6) is -6.50. The van der Waals surface area contributed by atoms with E-state index in [1.807, 2.05) is 0 Å². The Balaban J connectivity index is 2.61. The molecule has 0 radical (unpaired) electrons. The van der Waals surface area contributed by atoms with E-state index in [0.717, 1.165) is 6.20 Å². The molecule has 19 heavy (non-hydrogen) atoms. The van der Waals surface area contributed by atoms with Crippen molar-refractivity contribution in [3.63, 3.8) is 0 Å². The molecular weight excluding hydrogens is 266 g/mol. The number of ether oxygens (including phenoxy) is 1. The molecule has 2 rings (SSSR count). The van der Waals surface area contributed by atoms with Crippen molar-refractivity contribution in [1.29, 1.82) is 0 Å². The Hall–Kier alpha value is -2.05. The van der Waals surface area contributed by atoms with Crippen LogP contribution < -0.4 is 4.74 Å². The second-order valence-corrected chi connectivity index (χ2v) is 3.84. The van der Waals surface area contributed by atoms with Gasteiger partial charge in [0, 0.05) is 11.7 Å². The van der Waals surface area contributed by atoms with Gasteiger partial charge in [-0.25, -0.2) is 8.78 Å². The molecule has 0 aliphatic heterocycles. The highest BCUT2D eigenvalue weighted by atomic mass is 19.3. The van der Waals surface area contributed by atoms with Crippen LogP contribution in [0.2, 0.25) is 0 Å². The van der Waals surface area contributed by atoms with Crippen molar-refractivity contribution < 1.29 is 27.1 Å². The van der Waals surface area contributed by atoms with Gasteiger partial charge in [0.05, 0.1) is 18.1 Å².